The number of aliphatic hydroxyl groups excluding tert-OH is 1. The molecule has 0 unspecified atom stereocenters. The second-order valence-electron chi connectivity index (χ2n) is 6.49. The molecule has 134 valence electrons. The summed E-state index contributed by atoms with van der Waals surface area (Å²) < 4.78 is 18.8. The molecule has 1 aliphatic heterocycles. The number of likely N-dealkylation sites (tertiary alicyclic amines) is 1. The fourth-order valence-electron chi connectivity index (χ4n) is 3.17. The topological polar surface area (TPSA) is 44.7 Å². The van der Waals surface area contributed by atoms with Crippen molar-refractivity contribution in [2.45, 2.75) is 32.0 Å². The first-order valence-electron chi connectivity index (χ1n) is 8.70. The minimum Gasteiger partial charge on any atom is -0.494 e. The number of anilines is 1. The quantitative estimate of drug-likeness (QED) is 0.843. The molecule has 1 aliphatic rings. The number of nitrogens with zero attached hydrogens (tertiary/aromatic N) is 1. The number of halogens is 1. The lowest BCUT2D eigenvalue weighted by Gasteiger charge is -2.30. The fraction of sp³-hybridized carbons (Fsp3) is 0.400. The van der Waals surface area contributed by atoms with Crippen LogP contribution in [0.3, 0.4) is 0 Å². The van der Waals surface area contributed by atoms with Gasteiger partial charge in [0.25, 0.3) is 0 Å². The van der Waals surface area contributed by atoms with E-state index in [4.69, 9.17) is 4.74 Å². The molecule has 0 atom stereocenters. The Morgan fingerprint density at radius 1 is 1.20 bits per heavy atom. The minimum absolute atomic E-state index is 0.158. The Balaban J connectivity index is 1.63. The van der Waals surface area contributed by atoms with Gasteiger partial charge in [-0.25, -0.2) is 4.39 Å². The Hall–Kier alpha value is -2.11. The number of para-hydroxylation sites is 1. The summed E-state index contributed by atoms with van der Waals surface area (Å²) in [6, 6.07) is 13.2. The Kier molecular flexibility index (Phi) is 5.89. The molecule has 1 heterocycles. The molecule has 0 bridgehead atoms. The highest BCUT2D eigenvalue weighted by molar-refractivity contribution is 5.51. The van der Waals surface area contributed by atoms with E-state index in [0.717, 1.165) is 43.7 Å². The van der Waals surface area contributed by atoms with Crippen molar-refractivity contribution in [2.24, 2.45) is 0 Å². The molecule has 0 amide bonds. The van der Waals surface area contributed by atoms with Crippen LogP contribution in [0.15, 0.2) is 42.5 Å². The predicted octanol–water partition coefficient (Wildman–Crippen LogP) is 3.40. The van der Waals surface area contributed by atoms with Crippen molar-refractivity contribution in [3.63, 3.8) is 0 Å². The Morgan fingerprint density at radius 3 is 2.68 bits per heavy atom. The molecule has 1 saturated heterocycles. The maximum Gasteiger partial charge on any atom is 0.165 e. The van der Waals surface area contributed by atoms with Crippen molar-refractivity contribution >= 4 is 5.69 Å². The van der Waals surface area contributed by atoms with E-state index < -0.39 is 0 Å². The van der Waals surface area contributed by atoms with E-state index in [1.807, 2.05) is 24.3 Å². The Bertz CT molecular complexity index is 700. The number of hydrogen-bond donors (Lipinski definition) is 2. The van der Waals surface area contributed by atoms with Crippen LogP contribution in [0.1, 0.15) is 24.0 Å². The van der Waals surface area contributed by atoms with Gasteiger partial charge in [-0.2, -0.15) is 0 Å². The molecule has 1 fully saturated rings. The average Bonchev–Trinajstić information content (AvgIpc) is 2.63. The maximum atomic E-state index is 13.8. The van der Waals surface area contributed by atoms with Gasteiger partial charge in [0, 0.05) is 31.9 Å². The van der Waals surface area contributed by atoms with E-state index >= 15 is 0 Å². The van der Waals surface area contributed by atoms with Crippen LogP contribution in [0.5, 0.6) is 5.75 Å². The maximum absolute atomic E-state index is 13.8. The monoisotopic (exact) mass is 344 g/mol. The van der Waals surface area contributed by atoms with Gasteiger partial charge < -0.3 is 15.2 Å². The van der Waals surface area contributed by atoms with E-state index in [9.17, 15) is 9.50 Å². The first kappa shape index (κ1) is 17.7. The number of benzene rings is 2. The molecule has 0 radical (unpaired) electrons. The molecule has 0 saturated carbocycles. The highest BCUT2D eigenvalue weighted by Gasteiger charge is 2.17. The summed E-state index contributed by atoms with van der Waals surface area (Å²) in [4.78, 5) is 2.36. The summed E-state index contributed by atoms with van der Waals surface area (Å²) in [5.74, 6) is -0.0848. The van der Waals surface area contributed by atoms with Crippen molar-refractivity contribution in [1.82, 2.24) is 4.90 Å². The molecular formula is C20H25FN2O2. The number of ether oxygens (including phenoxy) is 1. The van der Waals surface area contributed by atoms with Crippen LogP contribution in [0.25, 0.3) is 0 Å². The van der Waals surface area contributed by atoms with Crippen LogP contribution in [0, 0.1) is 5.82 Å². The average molecular weight is 344 g/mol. The number of piperidine rings is 1. The molecule has 4 nitrogen and oxygen atoms in total. The summed E-state index contributed by atoms with van der Waals surface area (Å²) in [6.07, 6.45) is 1.51. The standard InChI is InChI=1S/C20H25FN2O2/c1-25-20-7-6-15(12-18(20)21)13-22-19-5-3-2-4-16(19)14-23-10-8-17(24)9-11-23/h2-7,12,17,22,24H,8-11,13-14H2,1H3. The largest absolute Gasteiger partial charge is 0.494 e. The first-order chi connectivity index (χ1) is 12.2. The second-order valence-corrected chi connectivity index (χ2v) is 6.49. The molecule has 2 aromatic carbocycles. The van der Waals surface area contributed by atoms with Crippen LogP contribution in [0.2, 0.25) is 0 Å². The highest BCUT2D eigenvalue weighted by Crippen LogP contribution is 2.22. The number of methoxy groups -OCH3 is 1. The van der Waals surface area contributed by atoms with Crippen molar-refractivity contribution < 1.29 is 14.2 Å². The van der Waals surface area contributed by atoms with Gasteiger partial charge in [-0.05, 0) is 42.2 Å². The van der Waals surface area contributed by atoms with E-state index in [1.54, 1.807) is 6.07 Å². The van der Waals surface area contributed by atoms with E-state index in [0.29, 0.717) is 6.54 Å². The SMILES string of the molecule is COc1ccc(CNc2ccccc2CN2CCC(O)CC2)cc1F. The van der Waals surface area contributed by atoms with Crippen LogP contribution in [0.4, 0.5) is 10.1 Å². The summed E-state index contributed by atoms with van der Waals surface area (Å²) in [5, 5.41) is 13.0. The molecule has 0 spiro atoms. The van der Waals surface area contributed by atoms with Crippen molar-refractivity contribution in [3.05, 3.63) is 59.4 Å². The van der Waals surface area contributed by atoms with Crippen LogP contribution < -0.4 is 10.1 Å². The second kappa shape index (κ2) is 8.32. The summed E-state index contributed by atoms with van der Waals surface area (Å²) in [6.45, 7) is 3.24. The number of hydrogen-bond acceptors (Lipinski definition) is 4. The normalized spacial score (nSPS) is 16.0. The molecule has 2 N–H and O–H groups in total. The fourth-order valence-corrected chi connectivity index (χ4v) is 3.17. The van der Waals surface area contributed by atoms with Gasteiger partial charge in [0.2, 0.25) is 0 Å². The van der Waals surface area contributed by atoms with Crippen LogP contribution in [-0.2, 0) is 13.1 Å². The highest BCUT2D eigenvalue weighted by atomic mass is 19.1. The lowest BCUT2D eigenvalue weighted by Crippen LogP contribution is -2.35. The van der Waals surface area contributed by atoms with Crippen molar-refractivity contribution in [3.8, 4) is 5.75 Å². The Morgan fingerprint density at radius 2 is 1.96 bits per heavy atom. The van der Waals surface area contributed by atoms with E-state index in [-0.39, 0.29) is 17.7 Å². The zero-order chi connectivity index (χ0) is 17.6. The summed E-state index contributed by atoms with van der Waals surface area (Å²) in [5.41, 5.74) is 3.15. The molecule has 0 aliphatic carbocycles. The van der Waals surface area contributed by atoms with Crippen molar-refractivity contribution in [2.75, 3.05) is 25.5 Å². The smallest absolute Gasteiger partial charge is 0.165 e. The predicted molar refractivity (Wildman–Crippen MR) is 97.2 cm³/mol. The zero-order valence-corrected chi connectivity index (χ0v) is 14.5. The van der Waals surface area contributed by atoms with Gasteiger partial charge in [-0.1, -0.05) is 24.3 Å². The lowest BCUT2D eigenvalue weighted by atomic mass is 10.1. The van der Waals surface area contributed by atoms with Crippen LogP contribution in [-0.4, -0.2) is 36.3 Å². The molecule has 2 aromatic rings. The van der Waals surface area contributed by atoms with Crippen molar-refractivity contribution in [1.29, 1.82) is 0 Å². The first-order valence-corrected chi connectivity index (χ1v) is 8.70. The molecule has 5 heteroatoms. The van der Waals surface area contributed by atoms with Gasteiger partial charge in [0.1, 0.15) is 0 Å². The van der Waals surface area contributed by atoms with E-state index in [1.165, 1.54) is 18.7 Å². The molecule has 0 aromatic heterocycles. The van der Waals surface area contributed by atoms with Gasteiger partial charge in [-0.3, -0.25) is 4.90 Å². The van der Waals surface area contributed by atoms with E-state index in [2.05, 4.69) is 16.3 Å². The van der Waals surface area contributed by atoms with Crippen LogP contribution >= 0.6 is 0 Å². The third-order valence-corrected chi connectivity index (χ3v) is 4.67. The molecular weight excluding hydrogens is 319 g/mol. The van der Waals surface area contributed by atoms with Gasteiger partial charge in [-0.15, -0.1) is 0 Å². The number of rotatable bonds is 6. The third kappa shape index (κ3) is 4.71. The summed E-state index contributed by atoms with van der Waals surface area (Å²) in [7, 11) is 1.46. The zero-order valence-electron chi connectivity index (χ0n) is 14.5. The van der Waals surface area contributed by atoms with Gasteiger partial charge >= 0.3 is 0 Å². The lowest BCUT2D eigenvalue weighted by molar-refractivity contribution is 0.0793. The number of nitrogens with one attached hydrogen (secondary N) is 1. The third-order valence-electron chi connectivity index (χ3n) is 4.67. The molecule has 25 heavy (non-hydrogen) atoms. The van der Waals surface area contributed by atoms with Gasteiger partial charge in [0.15, 0.2) is 11.6 Å². The molecule has 3 rings (SSSR count). The minimum atomic E-state index is -0.345. The summed E-state index contributed by atoms with van der Waals surface area (Å²) >= 11 is 0. The van der Waals surface area contributed by atoms with Gasteiger partial charge in [0.05, 0.1) is 13.2 Å². The number of aliphatic hydroxyl groups is 1. The Labute approximate surface area is 148 Å².